The Kier molecular flexibility index (Phi) is 6.09. The average molecular weight is 273 g/mol. The standard InChI is InChI=1S/C19H31N/c1-4-5-11-19(17-9-7-6-8-10-17)20-18-13-12-15(2)16(3)14-18/h6-10,15-16,18-20H,4-5,11-14H2,1-3H3. The Morgan fingerprint density at radius 1 is 1.10 bits per heavy atom. The van der Waals surface area contributed by atoms with E-state index in [4.69, 9.17) is 0 Å². The van der Waals surface area contributed by atoms with Gasteiger partial charge in [0.2, 0.25) is 0 Å². The zero-order valence-corrected chi connectivity index (χ0v) is 13.4. The quantitative estimate of drug-likeness (QED) is 0.738. The Bertz CT molecular complexity index is 373. The molecule has 1 aliphatic carbocycles. The zero-order chi connectivity index (χ0) is 14.4. The molecule has 2 rings (SSSR count). The Morgan fingerprint density at radius 2 is 1.85 bits per heavy atom. The maximum absolute atomic E-state index is 3.96. The molecule has 1 fully saturated rings. The predicted molar refractivity (Wildman–Crippen MR) is 87.8 cm³/mol. The third-order valence-electron chi connectivity index (χ3n) is 5.08. The molecule has 0 aromatic heterocycles. The van der Waals surface area contributed by atoms with Crippen LogP contribution in [0.25, 0.3) is 0 Å². The lowest BCUT2D eigenvalue weighted by Gasteiger charge is -2.35. The summed E-state index contributed by atoms with van der Waals surface area (Å²) in [5.74, 6) is 1.77. The number of rotatable bonds is 6. The van der Waals surface area contributed by atoms with Crippen LogP contribution in [0.2, 0.25) is 0 Å². The first-order chi connectivity index (χ1) is 9.70. The summed E-state index contributed by atoms with van der Waals surface area (Å²) in [6.45, 7) is 7.11. The molecule has 1 nitrogen and oxygen atoms in total. The summed E-state index contributed by atoms with van der Waals surface area (Å²) < 4.78 is 0. The van der Waals surface area contributed by atoms with Crippen molar-refractivity contribution in [1.29, 1.82) is 0 Å². The van der Waals surface area contributed by atoms with E-state index in [1.54, 1.807) is 0 Å². The smallest absolute Gasteiger partial charge is 0.0322 e. The van der Waals surface area contributed by atoms with Crippen LogP contribution in [0.3, 0.4) is 0 Å². The molecule has 1 heteroatoms. The molecule has 1 aromatic rings. The molecule has 1 aliphatic rings. The molecule has 0 amide bonds. The largest absolute Gasteiger partial charge is 0.307 e. The molecule has 1 saturated carbocycles. The Balaban J connectivity index is 1.97. The minimum absolute atomic E-state index is 0.543. The van der Waals surface area contributed by atoms with Crippen LogP contribution >= 0.6 is 0 Å². The van der Waals surface area contributed by atoms with Crippen LogP contribution < -0.4 is 5.32 Å². The topological polar surface area (TPSA) is 12.0 Å². The molecule has 112 valence electrons. The molecule has 0 spiro atoms. The van der Waals surface area contributed by atoms with Crippen molar-refractivity contribution in [1.82, 2.24) is 5.32 Å². The summed E-state index contributed by atoms with van der Waals surface area (Å²) >= 11 is 0. The minimum Gasteiger partial charge on any atom is -0.307 e. The van der Waals surface area contributed by atoms with Gasteiger partial charge in [0, 0.05) is 12.1 Å². The summed E-state index contributed by atoms with van der Waals surface area (Å²) in [6.07, 6.45) is 7.93. The van der Waals surface area contributed by atoms with Crippen LogP contribution in [0.1, 0.15) is 70.9 Å². The van der Waals surface area contributed by atoms with Gasteiger partial charge in [0.05, 0.1) is 0 Å². The Morgan fingerprint density at radius 3 is 2.50 bits per heavy atom. The second-order valence-electron chi connectivity index (χ2n) is 6.74. The average Bonchev–Trinajstić information content (AvgIpc) is 2.48. The van der Waals surface area contributed by atoms with Gasteiger partial charge in [-0.3, -0.25) is 0 Å². The fraction of sp³-hybridized carbons (Fsp3) is 0.684. The van der Waals surface area contributed by atoms with Gasteiger partial charge in [-0.1, -0.05) is 63.9 Å². The van der Waals surface area contributed by atoms with Gasteiger partial charge in [-0.25, -0.2) is 0 Å². The number of hydrogen-bond acceptors (Lipinski definition) is 1. The van der Waals surface area contributed by atoms with E-state index in [-0.39, 0.29) is 0 Å². The van der Waals surface area contributed by atoms with Crippen LogP contribution in [0.4, 0.5) is 0 Å². The molecule has 0 radical (unpaired) electrons. The van der Waals surface area contributed by atoms with Gasteiger partial charge < -0.3 is 5.32 Å². The maximum atomic E-state index is 3.96. The molecule has 4 atom stereocenters. The van der Waals surface area contributed by atoms with E-state index in [2.05, 4.69) is 56.4 Å². The first kappa shape index (κ1) is 15.6. The highest BCUT2D eigenvalue weighted by atomic mass is 15.0. The van der Waals surface area contributed by atoms with Gasteiger partial charge in [0.25, 0.3) is 0 Å². The highest BCUT2D eigenvalue weighted by molar-refractivity contribution is 5.19. The normalized spacial score (nSPS) is 28.2. The Labute approximate surface area is 125 Å². The molecule has 0 aliphatic heterocycles. The van der Waals surface area contributed by atoms with E-state index < -0.39 is 0 Å². The molecule has 0 bridgehead atoms. The summed E-state index contributed by atoms with van der Waals surface area (Å²) in [6, 6.07) is 12.3. The summed E-state index contributed by atoms with van der Waals surface area (Å²) in [7, 11) is 0. The predicted octanol–water partition coefficient (Wildman–Crippen LogP) is 5.33. The molecule has 20 heavy (non-hydrogen) atoms. The van der Waals surface area contributed by atoms with Crippen LogP contribution in [0, 0.1) is 11.8 Å². The van der Waals surface area contributed by atoms with Crippen molar-refractivity contribution in [3.05, 3.63) is 35.9 Å². The molecule has 1 aromatic carbocycles. The van der Waals surface area contributed by atoms with Crippen LogP contribution in [-0.4, -0.2) is 6.04 Å². The van der Waals surface area contributed by atoms with Crippen molar-refractivity contribution in [2.75, 3.05) is 0 Å². The lowest BCUT2D eigenvalue weighted by atomic mass is 9.78. The van der Waals surface area contributed by atoms with E-state index >= 15 is 0 Å². The van der Waals surface area contributed by atoms with E-state index in [0.29, 0.717) is 12.1 Å². The molecular weight excluding hydrogens is 242 g/mol. The summed E-state index contributed by atoms with van der Waals surface area (Å²) in [5, 5.41) is 3.96. The van der Waals surface area contributed by atoms with Crippen LogP contribution in [-0.2, 0) is 0 Å². The van der Waals surface area contributed by atoms with E-state index in [0.717, 1.165) is 11.8 Å². The Hall–Kier alpha value is -0.820. The minimum atomic E-state index is 0.543. The van der Waals surface area contributed by atoms with Gasteiger partial charge in [-0.05, 0) is 43.1 Å². The lowest BCUT2D eigenvalue weighted by molar-refractivity contribution is 0.212. The maximum Gasteiger partial charge on any atom is 0.0322 e. The van der Waals surface area contributed by atoms with Gasteiger partial charge in [0.1, 0.15) is 0 Å². The molecule has 0 heterocycles. The van der Waals surface area contributed by atoms with Gasteiger partial charge in [0.15, 0.2) is 0 Å². The summed E-state index contributed by atoms with van der Waals surface area (Å²) in [5.41, 5.74) is 1.47. The number of unbranched alkanes of at least 4 members (excludes halogenated alkanes) is 1. The molecular formula is C19H31N. The fourth-order valence-corrected chi connectivity index (χ4v) is 3.42. The van der Waals surface area contributed by atoms with Crippen LogP contribution in [0.5, 0.6) is 0 Å². The third-order valence-corrected chi connectivity index (χ3v) is 5.08. The first-order valence-corrected chi connectivity index (χ1v) is 8.51. The zero-order valence-electron chi connectivity index (χ0n) is 13.4. The van der Waals surface area contributed by atoms with E-state index in [1.807, 2.05) is 0 Å². The second kappa shape index (κ2) is 7.83. The van der Waals surface area contributed by atoms with E-state index in [9.17, 15) is 0 Å². The third kappa shape index (κ3) is 4.34. The number of benzene rings is 1. The van der Waals surface area contributed by atoms with Crippen molar-refractivity contribution in [2.45, 2.75) is 71.4 Å². The van der Waals surface area contributed by atoms with Gasteiger partial charge in [-0.2, -0.15) is 0 Å². The monoisotopic (exact) mass is 273 g/mol. The lowest BCUT2D eigenvalue weighted by Crippen LogP contribution is -2.38. The van der Waals surface area contributed by atoms with Crippen molar-refractivity contribution < 1.29 is 0 Å². The van der Waals surface area contributed by atoms with Crippen molar-refractivity contribution in [2.24, 2.45) is 11.8 Å². The second-order valence-corrected chi connectivity index (χ2v) is 6.74. The van der Waals surface area contributed by atoms with Gasteiger partial charge >= 0.3 is 0 Å². The van der Waals surface area contributed by atoms with Gasteiger partial charge in [-0.15, -0.1) is 0 Å². The van der Waals surface area contributed by atoms with Crippen molar-refractivity contribution >= 4 is 0 Å². The SMILES string of the molecule is CCCCC(NC1CCC(C)C(C)C1)c1ccccc1. The fourth-order valence-electron chi connectivity index (χ4n) is 3.42. The number of nitrogens with one attached hydrogen (secondary N) is 1. The highest BCUT2D eigenvalue weighted by Gasteiger charge is 2.26. The van der Waals surface area contributed by atoms with Crippen LogP contribution in [0.15, 0.2) is 30.3 Å². The molecule has 0 saturated heterocycles. The highest BCUT2D eigenvalue weighted by Crippen LogP contribution is 2.31. The van der Waals surface area contributed by atoms with Crippen molar-refractivity contribution in [3.63, 3.8) is 0 Å². The first-order valence-electron chi connectivity index (χ1n) is 8.51. The summed E-state index contributed by atoms with van der Waals surface area (Å²) in [4.78, 5) is 0. The van der Waals surface area contributed by atoms with Crippen molar-refractivity contribution in [3.8, 4) is 0 Å². The molecule has 4 unspecified atom stereocenters. The molecule has 1 N–H and O–H groups in total. The number of hydrogen-bond donors (Lipinski definition) is 1. The van der Waals surface area contributed by atoms with E-state index in [1.165, 1.54) is 44.1 Å².